The highest BCUT2D eigenvalue weighted by molar-refractivity contribution is 5.48. The van der Waals surface area contributed by atoms with Gasteiger partial charge >= 0.3 is 0 Å². The number of rotatable bonds is 7. The average molecular weight is 460 g/mol. The number of hydrogen-bond donors (Lipinski definition) is 1. The van der Waals surface area contributed by atoms with Crippen molar-refractivity contribution in [2.75, 3.05) is 26.4 Å². The molecule has 3 aromatic rings. The Hall–Kier alpha value is -2.85. The van der Waals surface area contributed by atoms with Gasteiger partial charge in [-0.1, -0.05) is 48.5 Å². The van der Waals surface area contributed by atoms with Crippen LogP contribution >= 0.6 is 0 Å². The van der Waals surface area contributed by atoms with Crippen LogP contribution in [0.1, 0.15) is 53.9 Å². The van der Waals surface area contributed by atoms with E-state index in [2.05, 4.69) is 72.5 Å². The summed E-state index contributed by atoms with van der Waals surface area (Å²) in [5.74, 6) is 2.02. The third-order valence-electron chi connectivity index (χ3n) is 7.71. The Morgan fingerprint density at radius 3 is 2.53 bits per heavy atom. The maximum atomic E-state index is 13.0. The molecule has 0 saturated carbocycles. The number of ether oxygens (including phenoxy) is 1. The van der Waals surface area contributed by atoms with Gasteiger partial charge in [-0.15, -0.1) is 0 Å². The van der Waals surface area contributed by atoms with Crippen LogP contribution in [0.5, 0.6) is 11.5 Å². The number of alkyl halides is 1. The van der Waals surface area contributed by atoms with Gasteiger partial charge in [-0.05, 0) is 85.2 Å². The van der Waals surface area contributed by atoms with Crippen molar-refractivity contribution in [1.82, 2.24) is 4.90 Å². The minimum atomic E-state index is -0.223. The van der Waals surface area contributed by atoms with Gasteiger partial charge < -0.3 is 9.84 Å². The minimum Gasteiger partial charge on any atom is -0.508 e. The van der Waals surface area contributed by atoms with E-state index in [0.29, 0.717) is 18.3 Å². The van der Waals surface area contributed by atoms with E-state index >= 15 is 0 Å². The molecular weight excluding hydrogens is 425 g/mol. The summed E-state index contributed by atoms with van der Waals surface area (Å²) >= 11 is 0. The van der Waals surface area contributed by atoms with Gasteiger partial charge in [0.05, 0.1) is 6.67 Å². The number of hydrogen-bond acceptors (Lipinski definition) is 3. The van der Waals surface area contributed by atoms with E-state index in [-0.39, 0.29) is 24.6 Å². The Bertz CT molecular complexity index is 1080. The van der Waals surface area contributed by atoms with Crippen molar-refractivity contribution < 1.29 is 14.2 Å². The first kappa shape index (κ1) is 22.9. The SMILES string of the molecule is C[C@@H](COc1ccc([C@H]2c3ccc(O)cc3CC[C@H]2c2ccccc2)cc1)N1CC[C@@H](CF)C1. The Labute approximate surface area is 202 Å². The molecule has 0 radical (unpaired) electrons. The summed E-state index contributed by atoms with van der Waals surface area (Å²) in [7, 11) is 0. The zero-order valence-electron chi connectivity index (χ0n) is 19.9. The van der Waals surface area contributed by atoms with Crippen molar-refractivity contribution in [3.8, 4) is 11.5 Å². The van der Waals surface area contributed by atoms with Gasteiger partial charge in [0.2, 0.25) is 0 Å². The van der Waals surface area contributed by atoms with Gasteiger partial charge in [-0.25, -0.2) is 0 Å². The highest BCUT2D eigenvalue weighted by Crippen LogP contribution is 2.47. The molecule has 0 spiro atoms. The number of likely N-dealkylation sites (tertiary alicyclic amines) is 1. The number of phenols is 1. The summed E-state index contributed by atoms with van der Waals surface area (Å²) in [6, 6.07) is 25.4. The van der Waals surface area contributed by atoms with E-state index in [1.165, 1.54) is 22.3 Å². The molecule has 1 aliphatic heterocycles. The van der Waals surface area contributed by atoms with E-state index in [0.717, 1.165) is 38.1 Å². The van der Waals surface area contributed by atoms with Gasteiger partial charge in [-0.3, -0.25) is 9.29 Å². The lowest BCUT2D eigenvalue weighted by molar-refractivity contribution is 0.165. The van der Waals surface area contributed by atoms with Gasteiger partial charge in [0, 0.05) is 24.4 Å². The molecule has 1 aliphatic carbocycles. The van der Waals surface area contributed by atoms with Gasteiger partial charge in [0.15, 0.2) is 0 Å². The van der Waals surface area contributed by atoms with Crippen LogP contribution < -0.4 is 4.74 Å². The fourth-order valence-corrected chi connectivity index (χ4v) is 5.76. The predicted octanol–water partition coefficient (Wildman–Crippen LogP) is 6.31. The monoisotopic (exact) mass is 459 g/mol. The van der Waals surface area contributed by atoms with Crippen molar-refractivity contribution in [3.63, 3.8) is 0 Å². The van der Waals surface area contributed by atoms with E-state index in [9.17, 15) is 9.50 Å². The van der Waals surface area contributed by atoms with Crippen LogP contribution in [0.25, 0.3) is 0 Å². The highest BCUT2D eigenvalue weighted by atomic mass is 19.1. The van der Waals surface area contributed by atoms with Gasteiger partial charge in [0.1, 0.15) is 18.1 Å². The van der Waals surface area contributed by atoms with Crippen molar-refractivity contribution in [2.45, 2.75) is 44.1 Å². The van der Waals surface area contributed by atoms with Crippen molar-refractivity contribution >= 4 is 0 Å². The fourth-order valence-electron chi connectivity index (χ4n) is 5.76. The van der Waals surface area contributed by atoms with E-state index < -0.39 is 0 Å². The fraction of sp³-hybridized carbons (Fsp3) is 0.400. The lowest BCUT2D eigenvalue weighted by Gasteiger charge is -2.35. The highest BCUT2D eigenvalue weighted by Gasteiger charge is 2.32. The first-order valence-corrected chi connectivity index (χ1v) is 12.5. The van der Waals surface area contributed by atoms with Crippen molar-refractivity contribution in [3.05, 3.63) is 95.1 Å². The Morgan fingerprint density at radius 1 is 1.00 bits per heavy atom. The minimum absolute atomic E-state index is 0.180. The van der Waals surface area contributed by atoms with Gasteiger partial charge in [-0.2, -0.15) is 0 Å². The zero-order chi connectivity index (χ0) is 23.5. The maximum absolute atomic E-state index is 13.0. The second-order valence-electron chi connectivity index (χ2n) is 9.95. The van der Waals surface area contributed by atoms with Crippen LogP contribution in [0.15, 0.2) is 72.8 Å². The zero-order valence-corrected chi connectivity index (χ0v) is 19.9. The Kier molecular flexibility index (Phi) is 6.87. The van der Waals surface area contributed by atoms with Gasteiger partial charge in [0.25, 0.3) is 0 Å². The molecule has 5 rings (SSSR count). The number of aromatic hydroxyl groups is 1. The standard InChI is InChI=1S/C30H34FNO2/c1-21(32-16-15-22(18-31)19-32)20-34-27-11-7-24(8-12-27)30-28(23-5-3-2-4-6-23)13-9-25-17-26(33)10-14-29(25)30/h2-8,10-12,14,17,21-22,28,30,33H,9,13,15-16,18-20H2,1H3/t21-,22-,28-,30+/m0/s1. The van der Waals surface area contributed by atoms with Crippen LogP contribution in [0, 0.1) is 5.92 Å². The molecule has 2 aliphatic rings. The molecule has 3 aromatic carbocycles. The van der Waals surface area contributed by atoms with E-state index in [1.54, 1.807) is 0 Å². The largest absolute Gasteiger partial charge is 0.508 e. The smallest absolute Gasteiger partial charge is 0.119 e. The number of halogens is 1. The molecule has 0 aromatic heterocycles. The van der Waals surface area contributed by atoms with Crippen LogP contribution in [0.4, 0.5) is 4.39 Å². The molecule has 1 saturated heterocycles. The molecule has 3 nitrogen and oxygen atoms in total. The molecule has 1 N–H and O–H groups in total. The second-order valence-corrected chi connectivity index (χ2v) is 9.95. The second kappa shape index (κ2) is 10.2. The molecular formula is C30H34FNO2. The molecule has 1 fully saturated rings. The van der Waals surface area contributed by atoms with Crippen LogP contribution in [0.3, 0.4) is 0 Å². The third kappa shape index (κ3) is 4.83. The summed E-state index contributed by atoms with van der Waals surface area (Å²) in [4.78, 5) is 2.33. The van der Waals surface area contributed by atoms with E-state index in [1.807, 2.05) is 12.1 Å². The summed E-state index contributed by atoms with van der Waals surface area (Å²) in [6.07, 6.45) is 2.97. The van der Waals surface area contributed by atoms with Crippen molar-refractivity contribution in [1.29, 1.82) is 0 Å². The Morgan fingerprint density at radius 2 is 1.79 bits per heavy atom. The summed E-state index contributed by atoms with van der Waals surface area (Å²) in [5.41, 5.74) is 5.17. The lowest BCUT2D eigenvalue weighted by atomic mass is 9.69. The molecule has 4 atom stereocenters. The summed E-state index contributed by atoms with van der Waals surface area (Å²) < 4.78 is 19.1. The normalized spacial score (nSPS) is 23.4. The molecule has 0 bridgehead atoms. The number of benzene rings is 3. The maximum Gasteiger partial charge on any atom is 0.119 e. The topological polar surface area (TPSA) is 32.7 Å². The third-order valence-corrected chi connectivity index (χ3v) is 7.71. The first-order chi connectivity index (χ1) is 16.6. The van der Waals surface area contributed by atoms with Crippen molar-refractivity contribution in [2.24, 2.45) is 5.92 Å². The summed E-state index contributed by atoms with van der Waals surface area (Å²) in [5, 5.41) is 10.0. The number of aryl methyl sites for hydroxylation is 1. The number of nitrogens with zero attached hydrogens (tertiary/aromatic N) is 1. The quantitative estimate of drug-likeness (QED) is 0.449. The van der Waals surface area contributed by atoms with Crippen LogP contribution in [0.2, 0.25) is 0 Å². The molecule has 4 heteroatoms. The number of fused-ring (bicyclic) bond motifs is 1. The molecule has 0 unspecified atom stereocenters. The number of phenolic OH excluding ortho intramolecular Hbond substituents is 1. The van der Waals surface area contributed by atoms with Crippen LogP contribution in [-0.4, -0.2) is 42.4 Å². The lowest BCUT2D eigenvalue weighted by Crippen LogP contribution is -2.35. The molecule has 178 valence electrons. The van der Waals surface area contributed by atoms with Crippen LogP contribution in [-0.2, 0) is 6.42 Å². The summed E-state index contributed by atoms with van der Waals surface area (Å²) in [6.45, 7) is 4.33. The Balaban J connectivity index is 1.34. The average Bonchev–Trinajstić information content (AvgIpc) is 3.37. The first-order valence-electron chi connectivity index (χ1n) is 12.5. The molecule has 0 amide bonds. The predicted molar refractivity (Wildman–Crippen MR) is 135 cm³/mol. The van der Waals surface area contributed by atoms with E-state index in [4.69, 9.17) is 4.74 Å². The molecule has 1 heterocycles. The molecule has 34 heavy (non-hydrogen) atoms.